The SMILES string of the molecule is C#CCNCC(=O)Nc1cc(Cl)c(C)cc1Br. The molecular formula is C12H12BrClN2O. The van der Waals surface area contributed by atoms with Gasteiger partial charge in [-0.25, -0.2) is 0 Å². The van der Waals surface area contributed by atoms with Gasteiger partial charge in [0.15, 0.2) is 0 Å². The van der Waals surface area contributed by atoms with E-state index in [4.69, 9.17) is 18.0 Å². The molecule has 1 aromatic carbocycles. The number of benzene rings is 1. The van der Waals surface area contributed by atoms with E-state index in [1.807, 2.05) is 13.0 Å². The second kappa shape index (κ2) is 6.65. The first-order valence-electron chi connectivity index (χ1n) is 4.94. The summed E-state index contributed by atoms with van der Waals surface area (Å²) in [5, 5.41) is 6.15. The summed E-state index contributed by atoms with van der Waals surface area (Å²) in [5.41, 5.74) is 1.59. The maximum Gasteiger partial charge on any atom is 0.238 e. The number of aryl methyl sites for hydroxylation is 1. The second-order valence-corrected chi connectivity index (χ2v) is 4.70. The summed E-state index contributed by atoms with van der Waals surface area (Å²) < 4.78 is 0.796. The fourth-order valence-electron chi connectivity index (χ4n) is 1.18. The van der Waals surface area contributed by atoms with Gasteiger partial charge in [0.05, 0.1) is 18.8 Å². The van der Waals surface area contributed by atoms with Gasteiger partial charge in [0, 0.05) is 9.50 Å². The van der Waals surface area contributed by atoms with Crippen LogP contribution >= 0.6 is 27.5 Å². The van der Waals surface area contributed by atoms with Crippen LogP contribution in [0.4, 0.5) is 5.69 Å². The second-order valence-electron chi connectivity index (χ2n) is 3.44. The van der Waals surface area contributed by atoms with Gasteiger partial charge in [-0.2, -0.15) is 0 Å². The van der Waals surface area contributed by atoms with Crippen molar-refractivity contribution < 1.29 is 4.79 Å². The molecule has 0 aromatic heterocycles. The maximum absolute atomic E-state index is 11.5. The number of hydrogen-bond acceptors (Lipinski definition) is 2. The van der Waals surface area contributed by atoms with E-state index in [0.29, 0.717) is 17.3 Å². The number of halogens is 2. The first-order chi connectivity index (χ1) is 8.04. The van der Waals surface area contributed by atoms with E-state index >= 15 is 0 Å². The molecule has 0 atom stereocenters. The average Bonchev–Trinajstić information content (AvgIpc) is 2.26. The highest BCUT2D eigenvalue weighted by Crippen LogP contribution is 2.28. The molecule has 0 unspecified atom stereocenters. The summed E-state index contributed by atoms with van der Waals surface area (Å²) in [6.07, 6.45) is 5.06. The van der Waals surface area contributed by atoms with Crippen LogP contribution in [0.2, 0.25) is 5.02 Å². The highest BCUT2D eigenvalue weighted by molar-refractivity contribution is 9.10. The van der Waals surface area contributed by atoms with Crippen molar-refractivity contribution in [2.75, 3.05) is 18.4 Å². The molecular weight excluding hydrogens is 304 g/mol. The highest BCUT2D eigenvalue weighted by Gasteiger charge is 2.07. The fraction of sp³-hybridized carbons (Fsp3) is 0.250. The summed E-state index contributed by atoms with van der Waals surface area (Å²) in [7, 11) is 0. The van der Waals surface area contributed by atoms with Crippen LogP contribution in [0, 0.1) is 19.3 Å². The van der Waals surface area contributed by atoms with Crippen LogP contribution in [0.1, 0.15) is 5.56 Å². The van der Waals surface area contributed by atoms with Crippen molar-refractivity contribution in [3.8, 4) is 12.3 Å². The first-order valence-corrected chi connectivity index (χ1v) is 6.11. The average molecular weight is 316 g/mol. The molecule has 1 aromatic rings. The molecule has 90 valence electrons. The van der Waals surface area contributed by atoms with E-state index in [-0.39, 0.29) is 12.5 Å². The van der Waals surface area contributed by atoms with Crippen molar-refractivity contribution in [1.82, 2.24) is 5.32 Å². The molecule has 3 nitrogen and oxygen atoms in total. The Morgan fingerprint density at radius 2 is 2.29 bits per heavy atom. The maximum atomic E-state index is 11.5. The van der Waals surface area contributed by atoms with E-state index in [0.717, 1.165) is 10.0 Å². The van der Waals surface area contributed by atoms with Gasteiger partial charge in [-0.15, -0.1) is 6.42 Å². The third kappa shape index (κ3) is 4.39. The number of carbonyl (C=O) groups excluding carboxylic acids is 1. The Morgan fingerprint density at radius 1 is 1.59 bits per heavy atom. The third-order valence-corrected chi connectivity index (χ3v) is 3.10. The highest BCUT2D eigenvalue weighted by atomic mass is 79.9. The lowest BCUT2D eigenvalue weighted by Crippen LogP contribution is -2.28. The van der Waals surface area contributed by atoms with Gasteiger partial charge in [-0.1, -0.05) is 17.5 Å². The van der Waals surface area contributed by atoms with E-state index in [2.05, 4.69) is 32.5 Å². The van der Waals surface area contributed by atoms with Crippen molar-refractivity contribution in [2.24, 2.45) is 0 Å². The topological polar surface area (TPSA) is 41.1 Å². The van der Waals surface area contributed by atoms with Crippen LogP contribution in [0.15, 0.2) is 16.6 Å². The minimum Gasteiger partial charge on any atom is -0.324 e. The molecule has 0 spiro atoms. The Bertz CT molecular complexity index is 468. The van der Waals surface area contributed by atoms with Crippen LogP contribution in [0.25, 0.3) is 0 Å². The van der Waals surface area contributed by atoms with Crippen LogP contribution < -0.4 is 10.6 Å². The van der Waals surface area contributed by atoms with E-state index < -0.39 is 0 Å². The molecule has 17 heavy (non-hydrogen) atoms. The molecule has 0 aliphatic carbocycles. The van der Waals surface area contributed by atoms with Gasteiger partial charge in [0.1, 0.15) is 0 Å². The van der Waals surface area contributed by atoms with E-state index in [1.165, 1.54) is 0 Å². The quantitative estimate of drug-likeness (QED) is 0.662. The molecule has 0 heterocycles. The zero-order valence-corrected chi connectivity index (χ0v) is 11.7. The zero-order valence-electron chi connectivity index (χ0n) is 9.31. The molecule has 0 aliphatic rings. The Hall–Kier alpha value is -1.02. The number of nitrogens with one attached hydrogen (secondary N) is 2. The predicted molar refractivity (Wildman–Crippen MR) is 74.2 cm³/mol. The Kier molecular flexibility index (Phi) is 5.49. The molecule has 2 N–H and O–H groups in total. The smallest absolute Gasteiger partial charge is 0.238 e. The predicted octanol–water partition coefficient (Wildman–Crippen LogP) is 2.57. The number of rotatable bonds is 4. The molecule has 0 fully saturated rings. The normalized spacial score (nSPS) is 9.76. The van der Waals surface area contributed by atoms with Gasteiger partial charge in [0.2, 0.25) is 5.91 Å². The zero-order chi connectivity index (χ0) is 12.8. The van der Waals surface area contributed by atoms with E-state index in [9.17, 15) is 4.79 Å². The summed E-state index contributed by atoms with van der Waals surface area (Å²) >= 11 is 9.35. The van der Waals surface area contributed by atoms with Crippen LogP contribution in [-0.4, -0.2) is 19.0 Å². The lowest BCUT2D eigenvalue weighted by atomic mass is 10.2. The fourth-order valence-corrected chi connectivity index (χ4v) is 1.91. The van der Waals surface area contributed by atoms with Crippen LogP contribution in [0.5, 0.6) is 0 Å². The third-order valence-electron chi connectivity index (χ3n) is 2.04. The van der Waals surface area contributed by atoms with E-state index in [1.54, 1.807) is 6.07 Å². The Labute approximate surface area is 114 Å². The minimum atomic E-state index is -0.166. The molecule has 5 heteroatoms. The van der Waals surface area contributed by atoms with Crippen molar-refractivity contribution in [3.63, 3.8) is 0 Å². The standard InChI is InChI=1S/C12H12BrClN2O/c1-3-4-15-7-12(17)16-11-6-10(14)8(2)5-9(11)13/h1,5-6,15H,4,7H2,2H3,(H,16,17). The molecule has 0 aliphatic heterocycles. The van der Waals surface area contributed by atoms with Crippen molar-refractivity contribution in [1.29, 1.82) is 0 Å². The van der Waals surface area contributed by atoms with Gasteiger partial charge in [-0.05, 0) is 40.5 Å². The van der Waals surface area contributed by atoms with Gasteiger partial charge < -0.3 is 5.32 Å². The summed E-state index contributed by atoms with van der Waals surface area (Å²) in [6, 6.07) is 3.56. The largest absolute Gasteiger partial charge is 0.324 e. The minimum absolute atomic E-state index is 0.166. The van der Waals surface area contributed by atoms with Crippen molar-refractivity contribution >= 4 is 39.1 Å². The lowest BCUT2D eigenvalue weighted by molar-refractivity contribution is -0.115. The number of hydrogen-bond donors (Lipinski definition) is 2. The Morgan fingerprint density at radius 3 is 2.94 bits per heavy atom. The number of amides is 1. The number of terminal acetylenes is 1. The monoisotopic (exact) mass is 314 g/mol. The number of carbonyl (C=O) groups is 1. The van der Waals surface area contributed by atoms with Gasteiger partial charge >= 0.3 is 0 Å². The van der Waals surface area contributed by atoms with Crippen molar-refractivity contribution in [3.05, 3.63) is 27.2 Å². The molecule has 0 saturated carbocycles. The first kappa shape index (κ1) is 14.0. The van der Waals surface area contributed by atoms with Crippen molar-refractivity contribution in [2.45, 2.75) is 6.92 Å². The van der Waals surface area contributed by atoms with Crippen LogP contribution in [-0.2, 0) is 4.79 Å². The molecule has 1 amide bonds. The summed E-state index contributed by atoms with van der Waals surface area (Å²) in [4.78, 5) is 11.5. The lowest BCUT2D eigenvalue weighted by Gasteiger charge is -2.09. The summed E-state index contributed by atoms with van der Waals surface area (Å²) in [6.45, 7) is 2.43. The van der Waals surface area contributed by atoms with Crippen LogP contribution in [0.3, 0.4) is 0 Å². The Balaban J connectivity index is 2.66. The van der Waals surface area contributed by atoms with Gasteiger partial charge in [-0.3, -0.25) is 10.1 Å². The molecule has 0 radical (unpaired) electrons. The molecule has 0 bridgehead atoms. The number of anilines is 1. The molecule has 0 saturated heterocycles. The summed E-state index contributed by atoms with van der Waals surface area (Å²) in [5.74, 6) is 2.23. The molecule has 1 rings (SSSR count). The van der Waals surface area contributed by atoms with Gasteiger partial charge in [0.25, 0.3) is 0 Å².